The molecule has 31 heavy (non-hydrogen) atoms. The second-order valence-electron chi connectivity index (χ2n) is 6.93. The first-order valence-corrected chi connectivity index (χ1v) is 11.6. The van der Waals surface area contributed by atoms with Crippen LogP contribution in [0.15, 0.2) is 34.5 Å². The second kappa shape index (κ2) is 9.37. The van der Waals surface area contributed by atoms with Crippen LogP contribution in [0.3, 0.4) is 0 Å². The first-order chi connectivity index (χ1) is 14.6. The lowest BCUT2D eigenvalue weighted by atomic mass is 10.1. The summed E-state index contributed by atoms with van der Waals surface area (Å²) in [6.45, 7) is 1.18. The molecule has 1 fully saturated rings. The summed E-state index contributed by atoms with van der Waals surface area (Å²) in [5.41, 5.74) is 0. The van der Waals surface area contributed by atoms with Crippen LogP contribution in [-0.2, 0) is 19.6 Å². The molecule has 0 spiro atoms. The normalized spacial score (nSPS) is 16.2. The average Bonchev–Trinajstić information content (AvgIpc) is 3.26. The fraction of sp³-hybridized carbons (Fsp3) is 0.368. The van der Waals surface area contributed by atoms with Crippen LogP contribution in [0.2, 0.25) is 0 Å². The summed E-state index contributed by atoms with van der Waals surface area (Å²) < 4.78 is 66.8. The lowest BCUT2D eigenvalue weighted by Gasteiger charge is -2.34. The number of nitrogens with one attached hydrogen (secondary N) is 1. The highest BCUT2D eigenvalue weighted by Crippen LogP contribution is 2.26. The summed E-state index contributed by atoms with van der Waals surface area (Å²) >= 11 is 1.40. The van der Waals surface area contributed by atoms with Crippen molar-refractivity contribution in [3.05, 3.63) is 52.0 Å². The third-order valence-electron chi connectivity index (χ3n) is 4.85. The lowest BCUT2D eigenvalue weighted by molar-refractivity contribution is -0.133. The number of thiophene rings is 1. The standard InChI is InChI=1S/C19H20F3N3O4S2/c1-12(26)23-14(15-3-2-10-30-15)11-17(27)24-6-8-25(9-7-24)31(28,29)16-5-4-13(20)18(21)19(16)22/h2-5,10,14H,6-9,11H2,1H3,(H,23,26). The van der Waals surface area contributed by atoms with Crippen molar-refractivity contribution in [1.29, 1.82) is 0 Å². The number of amides is 2. The molecule has 168 valence electrons. The summed E-state index contributed by atoms with van der Waals surface area (Å²) in [4.78, 5) is 25.5. The van der Waals surface area contributed by atoms with Crippen LogP contribution in [0.1, 0.15) is 24.3 Å². The Labute approximate surface area is 181 Å². The Kier molecular flexibility index (Phi) is 7.02. The SMILES string of the molecule is CC(=O)NC(CC(=O)N1CCN(S(=O)(=O)c2ccc(F)c(F)c2F)CC1)c1cccs1. The largest absolute Gasteiger partial charge is 0.348 e. The number of sulfonamides is 1. The van der Waals surface area contributed by atoms with E-state index in [1.807, 2.05) is 5.38 Å². The smallest absolute Gasteiger partial charge is 0.246 e. The molecule has 1 atom stereocenters. The molecule has 1 aromatic carbocycles. The van der Waals surface area contributed by atoms with E-state index in [0.717, 1.165) is 9.18 Å². The molecule has 0 saturated carbocycles. The molecule has 2 aromatic rings. The van der Waals surface area contributed by atoms with Crippen molar-refractivity contribution in [2.24, 2.45) is 0 Å². The zero-order valence-corrected chi connectivity index (χ0v) is 18.1. The summed E-state index contributed by atoms with van der Waals surface area (Å²) in [5.74, 6) is -5.66. The Morgan fingerprint density at radius 3 is 2.35 bits per heavy atom. The number of carbonyl (C=O) groups is 2. The van der Waals surface area contributed by atoms with Gasteiger partial charge in [-0.1, -0.05) is 6.07 Å². The minimum atomic E-state index is -4.40. The van der Waals surface area contributed by atoms with Gasteiger partial charge in [0.05, 0.1) is 12.5 Å². The van der Waals surface area contributed by atoms with Crippen molar-refractivity contribution in [3.8, 4) is 0 Å². The summed E-state index contributed by atoms with van der Waals surface area (Å²) in [6, 6.07) is 4.35. The van der Waals surface area contributed by atoms with Crippen molar-refractivity contribution in [2.75, 3.05) is 26.2 Å². The number of hydrogen-bond acceptors (Lipinski definition) is 5. The van der Waals surface area contributed by atoms with Crippen molar-refractivity contribution >= 4 is 33.2 Å². The highest BCUT2D eigenvalue weighted by Gasteiger charge is 2.34. The van der Waals surface area contributed by atoms with Gasteiger partial charge in [-0.2, -0.15) is 4.31 Å². The fourth-order valence-corrected chi connectivity index (χ4v) is 5.54. The monoisotopic (exact) mass is 475 g/mol. The summed E-state index contributed by atoms with van der Waals surface area (Å²) in [7, 11) is -4.40. The third-order valence-corrected chi connectivity index (χ3v) is 7.75. The van der Waals surface area contributed by atoms with Gasteiger partial charge in [0, 0.05) is 38.0 Å². The maximum Gasteiger partial charge on any atom is 0.246 e. The molecule has 1 N–H and O–H groups in total. The molecule has 12 heteroatoms. The third kappa shape index (κ3) is 5.08. The van der Waals surface area contributed by atoms with Crippen LogP contribution in [0, 0.1) is 17.5 Å². The van der Waals surface area contributed by atoms with Crippen LogP contribution < -0.4 is 5.32 Å². The molecule has 1 aromatic heterocycles. The van der Waals surface area contributed by atoms with E-state index < -0.39 is 38.4 Å². The second-order valence-corrected chi connectivity index (χ2v) is 9.82. The molecule has 0 radical (unpaired) electrons. The van der Waals surface area contributed by atoms with Gasteiger partial charge in [-0.3, -0.25) is 9.59 Å². The number of rotatable bonds is 6. The number of carbonyl (C=O) groups excluding carboxylic acids is 2. The number of hydrogen-bond donors (Lipinski definition) is 1. The highest BCUT2D eigenvalue weighted by atomic mass is 32.2. The minimum Gasteiger partial charge on any atom is -0.348 e. The van der Waals surface area contributed by atoms with Gasteiger partial charge in [0.15, 0.2) is 17.5 Å². The zero-order valence-electron chi connectivity index (χ0n) is 16.5. The molecule has 1 unspecified atom stereocenters. The first-order valence-electron chi connectivity index (χ1n) is 9.33. The highest BCUT2D eigenvalue weighted by molar-refractivity contribution is 7.89. The molecular weight excluding hydrogens is 455 g/mol. The van der Waals surface area contributed by atoms with E-state index in [9.17, 15) is 31.2 Å². The van der Waals surface area contributed by atoms with Gasteiger partial charge in [0.25, 0.3) is 0 Å². The zero-order chi connectivity index (χ0) is 22.8. The topological polar surface area (TPSA) is 86.8 Å². The van der Waals surface area contributed by atoms with E-state index in [1.165, 1.54) is 23.2 Å². The van der Waals surface area contributed by atoms with Gasteiger partial charge in [0.2, 0.25) is 21.8 Å². The molecule has 0 bridgehead atoms. The summed E-state index contributed by atoms with van der Waals surface area (Å²) in [5, 5.41) is 4.56. The van der Waals surface area contributed by atoms with Crippen molar-refractivity contribution in [3.63, 3.8) is 0 Å². The van der Waals surface area contributed by atoms with Crippen LogP contribution in [0.5, 0.6) is 0 Å². The van der Waals surface area contributed by atoms with Crippen LogP contribution in [0.4, 0.5) is 13.2 Å². The van der Waals surface area contributed by atoms with Crippen molar-refractivity contribution in [2.45, 2.75) is 24.3 Å². The quantitative estimate of drug-likeness (QED) is 0.650. The molecule has 0 aliphatic carbocycles. The lowest BCUT2D eigenvalue weighted by Crippen LogP contribution is -2.51. The first kappa shape index (κ1) is 23.2. The maximum atomic E-state index is 14.0. The van der Waals surface area contributed by atoms with Gasteiger partial charge in [-0.25, -0.2) is 21.6 Å². The predicted octanol–water partition coefficient (Wildman–Crippen LogP) is 2.27. The van der Waals surface area contributed by atoms with Crippen molar-refractivity contribution < 1.29 is 31.2 Å². The fourth-order valence-electron chi connectivity index (χ4n) is 3.29. The molecule has 1 aliphatic rings. The summed E-state index contributed by atoms with van der Waals surface area (Å²) in [6.07, 6.45) is 0.00461. The Bertz CT molecular complexity index is 1070. The molecule has 1 saturated heterocycles. The van der Waals surface area contributed by atoms with E-state index in [1.54, 1.807) is 12.1 Å². The van der Waals surface area contributed by atoms with Crippen molar-refractivity contribution in [1.82, 2.24) is 14.5 Å². The van der Waals surface area contributed by atoms with Crippen LogP contribution in [-0.4, -0.2) is 55.6 Å². The average molecular weight is 476 g/mol. The Balaban J connectivity index is 1.66. The minimum absolute atomic E-state index is 0.00461. The molecule has 3 rings (SSSR count). The van der Waals surface area contributed by atoms with E-state index in [2.05, 4.69) is 5.32 Å². The maximum absolute atomic E-state index is 14.0. The van der Waals surface area contributed by atoms with Crippen LogP contribution >= 0.6 is 11.3 Å². The molecule has 7 nitrogen and oxygen atoms in total. The number of benzene rings is 1. The molecule has 2 amide bonds. The van der Waals surface area contributed by atoms with Gasteiger partial charge < -0.3 is 10.2 Å². The van der Waals surface area contributed by atoms with E-state index >= 15 is 0 Å². The Morgan fingerprint density at radius 2 is 1.77 bits per heavy atom. The molecule has 1 aliphatic heterocycles. The van der Waals surface area contributed by atoms with Gasteiger partial charge in [0.1, 0.15) is 4.90 Å². The Morgan fingerprint density at radius 1 is 1.10 bits per heavy atom. The number of nitrogens with zero attached hydrogens (tertiary/aromatic N) is 2. The van der Waals surface area contributed by atoms with Gasteiger partial charge in [-0.05, 0) is 23.6 Å². The Hall–Kier alpha value is -2.44. The van der Waals surface area contributed by atoms with E-state index in [0.29, 0.717) is 12.1 Å². The molecule has 2 heterocycles. The van der Waals surface area contributed by atoms with E-state index in [4.69, 9.17) is 0 Å². The number of piperazine rings is 1. The van der Waals surface area contributed by atoms with Gasteiger partial charge in [-0.15, -0.1) is 11.3 Å². The number of halogens is 3. The predicted molar refractivity (Wildman–Crippen MR) is 107 cm³/mol. The van der Waals surface area contributed by atoms with E-state index in [-0.39, 0.29) is 44.4 Å². The van der Waals surface area contributed by atoms with Gasteiger partial charge >= 0.3 is 0 Å². The van der Waals surface area contributed by atoms with Crippen LogP contribution in [0.25, 0.3) is 0 Å². The molecular formula is C19H20F3N3O4S2.